The summed E-state index contributed by atoms with van der Waals surface area (Å²) in [6.45, 7) is 1.37. The fourth-order valence-corrected chi connectivity index (χ4v) is 0.928. The first kappa shape index (κ1) is 8.26. The lowest BCUT2D eigenvalue weighted by molar-refractivity contribution is 0.126. The van der Waals surface area contributed by atoms with E-state index >= 15 is 0 Å². The highest BCUT2D eigenvalue weighted by Crippen LogP contribution is 2.08. The molecule has 1 unspecified atom stereocenters. The first-order valence-corrected chi connectivity index (χ1v) is 4.27. The maximum absolute atomic E-state index is 5.01. The molecule has 0 aromatic heterocycles. The van der Waals surface area contributed by atoms with Crippen LogP contribution in [0.1, 0.15) is 5.56 Å². The number of benzene rings is 1. The SMILES string of the molecule is C(=N/OCC1CO1)/c1ccccc1. The minimum absolute atomic E-state index is 0.271. The van der Waals surface area contributed by atoms with Crippen LogP contribution in [0.25, 0.3) is 0 Å². The molecule has 3 nitrogen and oxygen atoms in total. The van der Waals surface area contributed by atoms with Crippen LogP contribution in [0.15, 0.2) is 35.5 Å². The smallest absolute Gasteiger partial charge is 0.145 e. The van der Waals surface area contributed by atoms with Crippen molar-refractivity contribution in [3.63, 3.8) is 0 Å². The average molecular weight is 177 g/mol. The Kier molecular flexibility index (Phi) is 2.57. The van der Waals surface area contributed by atoms with Gasteiger partial charge in [0, 0.05) is 0 Å². The number of epoxide rings is 1. The Morgan fingerprint density at radius 1 is 1.46 bits per heavy atom. The van der Waals surface area contributed by atoms with E-state index in [1.165, 1.54) is 0 Å². The molecule has 0 saturated carbocycles. The molecule has 13 heavy (non-hydrogen) atoms. The molecule has 1 aromatic rings. The van der Waals surface area contributed by atoms with E-state index in [2.05, 4.69) is 5.16 Å². The van der Waals surface area contributed by atoms with Gasteiger partial charge in [0.1, 0.15) is 12.7 Å². The largest absolute Gasteiger partial charge is 0.393 e. The molecule has 68 valence electrons. The van der Waals surface area contributed by atoms with Gasteiger partial charge in [-0.2, -0.15) is 0 Å². The van der Waals surface area contributed by atoms with Crippen molar-refractivity contribution in [1.29, 1.82) is 0 Å². The monoisotopic (exact) mass is 177 g/mol. The van der Waals surface area contributed by atoms with Gasteiger partial charge in [-0.1, -0.05) is 35.5 Å². The average Bonchev–Trinajstić information content (AvgIpc) is 2.98. The summed E-state index contributed by atoms with van der Waals surface area (Å²) in [4.78, 5) is 5.01. The summed E-state index contributed by atoms with van der Waals surface area (Å²) in [7, 11) is 0. The fraction of sp³-hybridized carbons (Fsp3) is 0.300. The number of rotatable bonds is 4. The van der Waals surface area contributed by atoms with Gasteiger partial charge < -0.3 is 9.57 Å². The van der Waals surface area contributed by atoms with Crippen molar-refractivity contribution in [3.05, 3.63) is 35.9 Å². The molecule has 0 amide bonds. The normalized spacial score (nSPS) is 20.5. The summed E-state index contributed by atoms with van der Waals surface area (Å²) in [5.41, 5.74) is 1.04. The van der Waals surface area contributed by atoms with E-state index in [1.807, 2.05) is 30.3 Å². The van der Waals surface area contributed by atoms with Gasteiger partial charge in [-0.25, -0.2) is 0 Å². The van der Waals surface area contributed by atoms with Gasteiger partial charge in [-0.05, 0) is 5.56 Å². The Morgan fingerprint density at radius 3 is 2.92 bits per heavy atom. The molecular weight excluding hydrogens is 166 g/mol. The van der Waals surface area contributed by atoms with Crippen LogP contribution in [-0.4, -0.2) is 25.5 Å². The van der Waals surface area contributed by atoms with Crippen LogP contribution in [0.3, 0.4) is 0 Å². The molecule has 0 bridgehead atoms. The molecule has 1 heterocycles. The number of hydrogen-bond donors (Lipinski definition) is 0. The van der Waals surface area contributed by atoms with Gasteiger partial charge in [0.15, 0.2) is 0 Å². The van der Waals surface area contributed by atoms with E-state index in [0.717, 1.165) is 12.2 Å². The van der Waals surface area contributed by atoms with E-state index in [4.69, 9.17) is 9.57 Å². The third kappa shape index (κ3) is 2.87. The summed E-state index contributed by atoms with van der Waals surface area (Å²) in [5, 5.41) is 3.82. The summed E-state index contributed by atoms with van der Waals surface area (Å²) in [6.07, 6.45) is 1.97. The second-order valence-corrected chi connectivity index (χ2v) is 2.90. The number of hydrogen-bond acceptors (Lipinski definition) is 3. The van der Waals surface area contributed by atoms with E-state index in [0.29, 0.717) is 6.61 Å². The maximum Gasteiger partial charge on any atom is 0.145 e. The Morgan fingerprint density at radius 2 is 2.23 bits per heavy atom. The van der Waals surface area contributed by atoms with E-state index in [9.17, 15) is 0 Å². The molecule has 3 heteroatoms. The van der Waals surface area contributed by atoms with Crippen molar-refractivity contribution < 1.29 is 9.57 Å². The summed E-state index contributed by atoms with van der Waals surface area (Å²) in [6, 6.07) is 9.84. The molecule has 2 rings (SSSR count). The number of nitrogens with zero attached hydrogens (tertiary/aromatic N) is 1. The molecule has 1 fully saturated rings. The van der Waals surface area contributed by atoms with E-state index in [-0.39, 0.29) is 6.10 Å². The number of oxime groups is 1. The molecule has 1 saturated heterocycles. The first-order chi connectivity index (χ1) is 6.45. The Bertz CT molecular complexity index is 280. The summed E-state index contributed by atoms with van der Waals surface area (Å²) in [5.74, 6) is 0. The third-order valence-corrected chi connectivity index (χ3v) is 1.74. The second kappa shape index (κ2) is 4.05. The Hall–Kier alpha value is -1.35. The Balaban J connectivity index is 1.76. The maximum atomic E-state index is 5.01. The highest BCUT2D eigenvalue weighted by atomic mass is 16.7. The van der Waals surface area contributed by atoms with Gasteiger partial charge >= 0.3 is 0 Å². The van der Waals surface area contributed by atoms with E-state index < -0.39 is 0 Å². The predicted molar refractivity (Wildman–Crippen MR) is 49.7 cm³/mol. The molecular formula is C10H11NO2. The zero-order chi connectivity index (χ0) is 8.93. The third-order valence-electron chi connectivity index (χ3n) is 1.74. The minimum atomic E-state index is 0.271. The second-order valence-electron chi connectivity index (χ2n) is 2.90. The van der Waals surface area contributed by atoms with Crippen molar-refractivity contribution >= 4 is 6.21 Å². The summed E-state index contributed by atoms with van der Waals surface area (Å²) < 4.78 is 4.96. The lowest BCUT2D eigenvalue weighted by Gasteiger charge is -1.93. The minimum Gasteiger partial charge on any atom is -0.393 e. The first-order valence-electron chi connectivity index (χ1n) is 4.27. The van der Waals surface area contributed by atoms with Gasteiger partial charge in [-0.15, -0.1) is 0 Å². The summed E-state index contributed by atoms with van der Waals surface area (Å²) >= 11 is 0. The van der Waals surface area contributed by atoms with Gasteiger partial charge in [0.05, 0.1) is 12.8 Å². The van der Waals surface area contributed by atoms with Crippen LogP contribution in [-0.2, 0) is 9.57 Å². The predicted octanol–water partition coefficient (Wildman–Crippen LogP) is 1.44. The molecule has 0 aliphatic carbocycles. The fourth-order valence-electron chi connectivity index (χ4n) is 0.928. The molecule has 1 atom stereocenters. The van der Waals surface area contributed by atoms with Crippen molar-refractivity contribution in [3.8, 4) is 0 Å². The van der Waals surface area contributed by atoms with Crippen LogP contribution in [0.4, 0.5) is 0 Å². The van der Waals surface area contributed by atoms with Crippen LogP contribution >= 0.6 is 0 Å². The quantitative estimate of drug-likeness (QED) is 0.396. The van der Waals surface area contributed by atoms with Crippen LogP contribution in [0.2, 0.25) is 0 Å². The van der Waals surface area contributed by atoms with Crippen LogP contribution in [0, 0.1) is 0 Å². The highest BCUT2D eigenvalue weighted by molar-refractivity contribution is 5.78. The highest BCUT2D eigenvalue weighted by Gasteiger charge is 2.22. The molecule has 1 aromatic carbocycles. The number of ether oxygens (including phenoxy) is 1. The van der Waals surface area contributed by atoms with Gasteiger partial charge in [0.2, 0.25) is 0 Å². The van der Waals surface area contributed by atoms with E-state index in [1.54, 1.807) is 6.21 Å². The van der Waals surface area contributed by atoms with Crippen molar-refractivity contribution in [1.82, 2.24) is 0 Å². The van der Waals surface area contributed by atoms with Crippen molar-refractivity contribution in [2.75, 3.05) is 13.2 Å². The zero-order valence-corrected chi connectivity index (χ0v) is 7.22. The lowest BCUT2D eigenvalue weighted by atomic mass is 10.2. The molecule has 0 radical (unpaired) electrons. The zero-order valence-electron chi connectivity index (χ0n) is 7.22. The molecule has 1 aliphatic rings. The molecule has 0 N–H and O–H groups in total. The van der Waals surface area contributed by atoms with Crippen molar-refractivity contribution in [2.45, 2.75) is 6.10 Å². The van der Waals surface area contributed by atoms with Crippen molar-refractivity contribution in [2.24, 2.45) is 5.16 Å². The Labute approximate surface area is 77.0 Å². The van der Waals surface area contributed by atoms with Crippen LogP contribution in [0.5, 0.6) is 0 Å². The lowest BCUT2D eigenvalue weighted by Crippen LogP contribution is -1.96. The van der Waals surface area contributed by atoms with Gasteiger partial charge in [0.25, 0.3) is 0 Å². The molecule has 0 spiro atoms. The standard InChI is InChI=1S/C10H11NO2/c1-2-4-9(5-3-1)6-11-13-8-10-7-12-10/h1-6,10H,7-8H2/b11-6-. The topological polar surface area (TPSA) is 34.1 Å². The molecule has 1 aliphatic heterocycles. The van der Waals surface area contributed by atoms with Crippen LogP contribution < -0.4 is 0 Å². The van der Waals surface area contributed by atoms with Gasteiger partial charge in [-0.3, -0.25) is 0 Å².